The van der Waals surface area contributed by atoms with Crippen LogP contribution in [0.1, 0.15) is 42.1 Å². The van der Waals surface area contributed by atoms with Crippen LogP contribution in [0.5, 0.6) is 0 Å². The molecule has 0 aliphatic rings. The van der Waals surface area contributed by atoms with Crippen LogP contribution in [0, 0.1) is 0 Å². The molecule has 0 fully saturated rings. The summed E-state index contributed by atoms with van der Waals surface area (Å²) in [4.78, 5) is 10.8. The third kappa shape index (κ3) is 6.94. The van der Waals surface area contributed by atoms with Gasteiger partial charge in [0.15, 0.2) is 0 Å². The number of unbranched alkanes of at least 4 members (excludes halogenated alkanes) is 1. The molecular formula is C15H23NO3. The summed E-state index contributed by atoms with van der Waals surface area (Å²) in [6, 6.07) is 7.01. The Hall–Kier alpha value is -1.39. The molecule has 19 heavy (non-hydrogen) atoms. The average molecular weight is 265 g/mol. The van der Waals surface area contributed by atoms with E-state index in [0.29, 0.717) is 12.1 Å². The van der Waals surface area contributed by atoms with Crippen molar-refractivity contribution in [1.82, 2.24) is 5.32 Å². The Balaban J connectivity index is 2.12. The van der Waals surface area contributed by atoms with Crippen molar-refractivity contribution in [3.63, 3.8) is 0 Å². The summed E-state index contributed by atoms with van der Waals surface area (Å²) in [5.74, 6) is -0.883. The number of benzene rings is 1. The summed E-state index contributed by atoms with van der Waals surface area (Å²) < 4.78 is 5.46. The zero-order valence-corrected chi connectivity index (χ0v) is 11.5. The minimum atomic E-state index is -0.883. The van der Waals surface area contributed by atoms with E-state index < -0.39 is 5.97 Å². The molecule has 0 saturated carbocycles. The quantitative estimate of drug-likeness (QED) is 0.639. The SMILES string of the molecule is CCCCOCCCNCc1cccc(C(=O)O)c1. The van der Waals surface area contributed by atoms with Gasteiger partial charge in [-0.15, -0.1) is 0 Å². The molecule has 0 atom stereocenters. The van der Waals surface area contributed by atoms with E-state index in [2.05, 4.69) is 12.2 Å². The van der Waals surface area contributed by atoms with E-state index in [1.807, 2.05) is 6.07 Å². The number of carbonyl (C=O) groups is 1. The molecule has 4 nitrogen and oxygen atoms in total. The second kappa shape index (κ2) is 9.53. The van der Waals surface area contributed by atoms with Gasteiger partial charge in [0.05, 0.1) is 5.56 Å². The maximum Gasteiger partial charge on any atom is 0.335 e. The van der Waals surface area contributed by atoms with Crippen LogP contribution in [0.15, 0.2) is 24.3 Å². The van der Waals surface area contributed by atoms with E-state index in [1.165, 1.54) is 0 Å². The van der Waals surface area contributed by atoms with Crippen LogP contribution in [0.25, 0.3) is 0 Å². The topological polar surface area (TPSA) is 58.6 Å². The van der Waals surface area contributed by atoms with E-state index in [-0.39, 0.29) is 0 Å². The van der Waals surface area contributed by atoms with Gasteiger partial charge in [-0.3, -0.25) is 0 Å². The van der Waals surface area contributed by atoms with E-state index in [4.69, 9.17) is 9.84 Å². The molecule has 0 amide bonds. The van der Waals surface area contributed by atoms with Crippen LogP contribution in [0.2, 0.25) is 0 Å². The van der Waals surface area contributed by atoms with Crippen molar-refractivity contribution < 1.29 is 14.6 Å². The zero-order chi connectivity index (χ0) is 13.9. The van der Waals surface area contributed by atoms with E-state index >= 15 is 0 Å². The van der Waals surface area contributed by atoms with Crippen molar-refractivity contribution in [3.8, 4) is 0 Å². The van der Waals surface area contributed by atoms with Gasteiger partial charge < -0.3 is 15.2 Å². The molecular weight excluding hydrogens is 242 g/mol. The number of carboxylic acids is 1. The number of nitrogens with one attached hydrogen (secondary N) is 1. The molecule has 0 spiro atoms. The lowest BCUT2D eigenvalue weighted by molar-refractivity contribution is 0.0696. The van der Waals surface area contributed by atoms with Crippen LogP contribution < -0.4 is 5.32 Å². The number of hydrogen-bond donors (Lipinski definition) is 2. The summed E-state index contributed by atoms with van der Waals surface area (Å²) in [5.41, 5.74) is 1.33. The average Bonchev–Trinajstić information content (AvgIpc) is 2.42. The lowest BCUT2D eigenvalue weighted by atomic mass is 10.1. The zero-order valence-electron chi connectivity index (χ0n) is 11.5. The smallest absolute Gasteiger partial charge is 0.335 e. The fraction of sp³-hybridized carbons (Fsp3) is 0.533. The van der Waals surface area contributed by atoms with Crippen LogP contribution in [0.3, 0.4) is 0 Å². The highest BCUT2D eigenvalue weighted by atomic mass is 16.5. The van der Waals surface area contributed by atoms with E-state index in [9.17, 15) is 4.79 Å². The molecule has 4 heteroatoms. The first-order valence-corrected chi connectivity index (χ1v) is 6.84. The van der Waals surface area contributed by atoms with Gasteiger partial charge in [0.1, 0.15) is 0 Å². The molecule has 1 rings (SSSR count). The molecule has 0 unspecified atom stereocenters. The lowest BCUT2D eigenvalue weighted by Gasteiger charge is -2.06. The maximum absolute atomic E-state index is 10.8. The fourth-order valence-electron chi connectivity index (χ4n) is 1.69. The number of aromatic carboxylic acids is 1. The molecule has 2 N–H and O–H groups in total. The summed E-state index contributed by atoms with van der Waals surface area (Å²) >= 11 is 0. The number of ether oxygens (including phenoxy) is 1. The number of hydrogen-bond acceptors (Lipinski definition) is 3. The Bertz CT molecular complexity index is 379. The predicted molar refractivity (Wildman–Crippen MR) is 75.5 cm³/mol. The second-order valence-electron chi connectivity index (χ2n) is 4.50. The normalized spacial score (nSPS) is 10.6. The molecule has 106 valence electrons. The first-order valence-electron chi connectivity index (χ1n) is 6.84. The third-order valence-corrected chi connectivity index (χ3v) is 2.79. The second-order valence-corrected chi connectivity index (χ2v) is 4.50. The summed E-state index contributed by atoms with van der Waals surface area (Å²) in [6.07, 6.45) is 3.26. The molecule has 0 radical (unpaired) electrons. The molecule has 0 heterocycles. The van der Waals surface area contributed by atoms with E-state index in [0.717, 1.165) is 44.6 Å². The summed E-state index contributed by atoms with van der Waals surface area (Å²) in [7, 11) is 0. The van der Waals surface area contributed by atoms with Crippen molar-refractivity contribution in [2.24, 2.45) is 0 Å². The Labute approximate surface area is 114 Å². The Morgan fingerprint density at radius 3 is 2.84 bits per heavy atom. The monoisotopic (exact) mass is 265 g/mol. The molecule has 1 aromatic carbocycles. The van der Waals surface area contributed by atoms with Crippen LogP contribution in [0.4, 0.5) is 0 Å². The van der Waals surface area contributed by atoms with Crippen molar-refractivity contribution >= 4 is 5.97 Å². The Morgan fingerprint density at radius 2 is 2.11 bits per heavy atom. The third-order valence-electron chi connectivity index (χ3n) is 2.79. The fourth-order valence-corrected chi connectivity index (χ4v) is 1.69. The molecule has 0 aromatic heterocycles. The molecule has 0 bridgehead atoms. The molecule has 1 aromatic rings. The van der Waals surface area contributed by atoms with Crippen molar-refractivity contribution in [2.75, 3.05) is 19.8 Å². The standard InChI is InChI=1S/C15H23NO3/c1-2-3-9-19-10-5-8-16-12-13-6-4-7-14(11-13)15(17)18/h4,6-7,11,16H,2-3,5,8-10,12H2,1H3,(H,17,18). The maximum atomic E-state index is 10.8. The first-order chi connectivity index (χ1) is 9.24. The Kier molecular flexibility index (Phi) is 7.86. The van der Waals surface area contributed by atoms with Gasteiger partial charge in [-0.25, -0.2) is 4.79 Å². The number of carboxylic acid groups (broad SMARTS) is 1. The lowest BCUT2D eigenvalue weighted by Crippen LogP contribution is -2.16. The molecule has 0 saturated heterocycles. The van der Waals surface area contributed by atoms with Gasteiger partial charge in [0, 0.05) is 19.8 Å². The van der Waals surface area contributed by atoms with Crippen LogP contribution >= 0.6 is 0 Å². The van der Waals surface area contributed by atoms with Gasteiger partial charge in [0.25, 0.3) is 0 Å². The van der Waals surface area contributed by atoms with E-state index in [1.54, 1.807) is 18.2 Å². The largest absolute Gasteiger partial charge is 0.478 e. The van der Waals surface area contributed by atoms with Gasteiger partial charge in [-0.05, 0) is 37.1 Å². The van der Waals surface area contributed by atoms with Gasteiger partial charge in [0.2, 0.25) is 0 Å². The first kappa shape index (κ1) is 15.7. The summed E-state index contributed by atoms with van der Waals surface area (Å²) in [5, 5.41) is 12.2. The minimum absolute atomic E-state index is 0.335. The minimum Gasteiger partial charge on any atom is -0.478 e. The predicted octanol–water partition coefficient (Wildman–Crippen LogP) is 2.68. The highest BCUT2D eigenvalue weighted by Crippen LogP contribution is 2.05. The van der Waals surface area contributed by atoms with Crippen molar-refractivity contribution in [2.45, 2.75) is 32.7 Å². The molecule has 0 aliphatic heterocycles. The van der Waals surface area contributed by atoms with Gasteiger partial charge in [-0.2, -0.15) is 0 Å². The number of rotatable bonds is 10. The van der Waals surface area contributed by atoms with Gasteiger partial charge in [-0.1, -0.05) is 25.5 Å². The highest BCUT2D eigenvalue weighted by Gasteiger charge is 2.02. The highest BCUT2D eigenvalue weighted by molar-refractivity contribution is 5.87. The van der Waals surface area contributed by atoms with Gasteiger partial charge >= 0.3 is 5.97 Å². The van der Waals surface area contributed by atoms with Crippen LogP contribution in [-0.2, 0) is 11.3 Å². The Morgan fingerprint density at radius 1 is 1.32 bits per heavy atom. The molecule has 0 aliphatic carbocycles. The van der Waals surface area contributed by atoms with Crippen LogP contribution in [-0.4, -0.2) is 30.8 Å². The van der Waals surface area contributed by atoms with Crippen molar-refractivity contribution in [1.29, 1.82) is 0 Å². The van der Waals surface area contributed by atoms with Crippen molar-refractivity contribution in [3.05, 3.63) is 35.4 Å². The summed E-state index contributed by atoms with van der Waals surface area (Å²) in [6.45, 7) is 5.34.